The average Bonchev–Trinajstić information content (AvgIpc) is 2.21. The first-order valence-electron chi connectivity index (χ1n) is 4.63. The van der Waals surface area contributed by atoms with Crippen LogP contribution in [0.3, 0.4) is 0 Å². The minimum Gasteiger partial charge on any atom is -0.372 e. The number of nitrogens with zero attached hydrogens (tertiary/aromatic N) is 1. The van der Waals surface area contributed by atoms with Gasteiger partial charge < -0.3 is 4.90 Å². The second kappa shape index (κ2) is 7.03. The minimum atomic E-state index is 0. The molecule has 0 bridgehead atoms. The van der Waals surface area contributed by atoms with Gasteiger partial charge in [-0.15, -0.1) is 17.0 Å². The molecule has 0 aliphatic rings. The number of benzene rings is 1. The zero-order valence-electron chi connectivity index (χ0n) is 8.73. The van der Waals surface area contributed by atoms with Crippen molar-refractivity contribution in [2.45, 2.75) is 13.8 Å². The lowest BCUT2D eigenvalue weighted by molar-refractivity contribution is 0.866. The van der Waals surface area contributed by atoms with Gasteiger partial charge in [0.2, 0.25) is 0 Å². The number of hydrogen-bond donors (Lipinski definition) is 0. The summed E-state index contributed by atoms with van der Waals surface area (Å²) in [5.74, 6) is 0. The van der Waals surface area contributed by atoms with Gasteiger partial charge in [-0.05, 0) is 38.1 Å². The Labute approximate surface area is 98.7 Å². The molecule has 3 heteroatoms. The molecular formula is C11H17BrNP. The summed E-state index contributed by atoms with van der Waals surface area (Å²) in [7, 11) is 1.09. The average molecular weight is 274 g/mol. The lowest BCUT2D eigenvalue weighted by Crippen LogP contribution is -2.21. The van der Waals surface area contributed by atoms with Gasteiger partial charge in [-0.1, -0.05) is 14.5 Å². The van der Waals surface area contributed by atoms with Crippen LogP contribution >= 0.6 is 25.2 Å². The van der Waals surface area contributed by atoms with E-state index in [0.29, 0.717) is 0 Å². The van der Waals surface area contributed by atoms with Crippen LogP contribution in [0.2, 0.25) is 0 Å². The Hall–Kier alpha value is -0.330. The summed E-state index contributed by atoms with van der Waals surface area (Å²) in [6, 6.07) is 8.62. The van der Waals surface area contributed by atoms with Crippen LogP contribution in [0.5, 0.6) is 0 Å². The van der Waals surface area contributed by atoms with Crippen LogP contribution in [0.25, 0.3) is 0 Å². The number of anilines is 1. The molecule has 0 aromatic heterocycles. The molecule has 0 fully saturated rings. The Kier molecular flexibility index (Phi) is 6.86. The first kappa shape index (κ1) is 13.7. The van der Waals surface area contributed by atoms with Gasteiger partial charge in [0.25, 0.3) is 0 Å². The van der Waals surface area contributed by atoms with Crippen molar-refractivity contribution in [3.63, 3.8) is 0 Å². The lowest BCUT2D eigenvalue weighted by atomic mass is 10.3. The molecular weight excluding hydrogens is 257 g/mol. The van der Waals surface area contributed by atoms with Crippen molar-refractivity contribution in [1.82, 2.24) is 0 Å². The second-order valence-corrected chi connectivity index (χ2v) is 3.68. The summed E-state index contributed by atoms with van der Waals surface area (Å²) < 4.78 is 0. The Morgan fingerprint density at radius 2 is 1.64 bits per heavy atom. The van der Waals surface area contributed by atoms with Crippen molar-refractivity contribution < 1.29 is 0 Å². The fourth-order valence-corrected chi connectivity index (χ4v) is 1.72. The van der Waals surface area contributed by atoms with Gasteiger partial charge in [0.15, 0.2) is 0 Å². The van der Waals surface area contributed by atoms with Crippen LogP contribution in [-0.4, -0.2) is 19.4 Å². The Morgan fingerprint density at radius 3 is 2.00 bits per heavy atom. The predicted molar refractivity (Wildman–Crippen MR) is 74.0 cm³/mol. The van der Waals surface area contributed by atoms with E-state index in [1.54, 1.807) is 0 Å². The summed E-state index contributed by atoms with van der Waals surface area (Å²) >= 11 is 0. The van der Waals surface area contributed by atoms with Crippen molar-refractivity contribution in [3.05, 3.63) is 24.3 Å². The quantitative estimate of drug-likeness (QED) is 0.762. The third-order valence-electron chi connectivity index (χ3n) is 2.16. The summed E-state index contributed by atoms with van der Waals surface area (Å²) in [6.45, 7) is 6.49. The number of hydrogen-bond acceptors (Lipinski definition) is 1. The molecule has 1 aromatic rings. The fraction of sp³-hybridized carbons (Fsp3) is 0.364. The Bertz CT molecular complexity index is 267. The van der Waals surface area contributed by atoms with Gasteiger partial charge in [-0.25, -0.2) is 0 Å². The minimum absolute atomic E-state index is 0. The molecule has 0 radical (unpaired) electrons. The number of halogens is 1. The molecule has 0 atom stereocenters. The predicted octanol–water partition coefficient (Wildman–Crippen LogP) is 3.11. The molecule has 78 valence electrons. The Morgan fingerprint density at radius 1 is 1.14 bits per heavy atom. The molecule has 0 aliphatic heterocycles. The van der Waals surface area contributed by atoms with E-state index in [4.69, 9.17) is 0 Å². The summed E-state index contributed by atoms with van der Waals surface area (Å²) in [5.41, 5.74) is 1.30. The molecule has 1 aromatic carbocycles. The molecule has 0 spiro atoms. The highest BCUT2D eigenvalue weighted by Crippen LogP contribution is 2.12. The first-order chi connectivity index (χ1) is 6.31. The highest BCUT2D eigenvalue weighted by molar-refractivity contribution is 8.93. The van der Waals surface area contributed by atoms with Gasteiger partial charge in [0, 0.05) is 24.1 Å². The van der Waals surface area contributed by atoms with Crippen LogP contribution in [0.15, 0.2) is 24.3 Å². The van der Waals surface area contributed by atoms with Crippen LogP contribution in [0, 0.1) is 0 Å². The van der Waals surface area contributed by atoms with Crippen molar-refractivity contribution in [2.75, 3.05) is 18.0 Å². The molecule has 0 N–H and O–H groups in total. The standard InChI is InChI=1S/C11H16NP.BrH/c1-4-12(5-2)10-6-8-11(13-3)9-7-10;/h6-9H,3-5H2,1-2H3;1H. The maximum Gasteiger partial charge on any atom is 0.0366 e. The maximum absolute atomic E-state index is 3.83. The smallest absolute Gasteiger partial charge is 0.0366 e. The normalized spacial score (nSPS) is 9.57. The van der Waals surface area contributed by atoms with E-state index in [1.165, 1.54) is 11.0 Å². The van der Waals surface area contributed by atoms with Crippen LogP contribution in [0.1, 0.15) is 13.8 Å². The van der Waals surface area contributed by atoms with Crippen LogP contribution in [-0.2, 0) is 0 Å². The van der Waals surface area contributed by atoms with E-state index < -0.39 is 0 Å². The summed E-state index contributed by atoms with van der Waals surface area (Å²) in [4.78, 5) is 2.34. The van der Waals surface area contributed by atoms with Crippen LogP contribution in [0.4, 0.5) is 5.69 Å². The SMILES string of the molecule is Br.C=Pc1ccc(N(CC)CC)cc1. The molecule has 1 nitrogen and oxygen atoms in total. The van der Waals surface area contributed by atoms with Gasteiger partial charge in [-0.3, -0.25) is 0 Å². The van der Waals surface area contributed by atoms with E-state index in [1.807, 2.05) is 0 Å². The van der Waals surface area contributed by atoms with Crippen molar-refractivity contribution in [1.29, 1.82) is 0 Å². The molecule has 0 saturated heterocycles. The zero-order valence-corrected chi connectivity index (χ0v) is 11.3. The van der Waals surface area contributed by atoms with E-state index >= 15 is 0 Å². The van der Waals surface area contributed by atoms with E-state index in [2.05, 4.69) is 49.3 Å². The molecule has 0 saturated carbocycles. The zero-order chi connectivity index (χ0) is 9.68. The van der Waals surface area contributed by atoms with E-state index in [0.717, 1.165) is 21.3 Å². The van der Waals surface area contributed by atoms with Crippen molar-refractivity contribution >= 4 is 42.5 Å². The third-order valence-corrected chi connectivity index (χ3v) is 2.82. The highest BCUT2D eigenvalue weighted by atomic mass is 79.9. The topological polar surface area (TPSA) is 3.24 Å². The van der Waals surface area contributed by atoms with E-state index in [-0.39, 0.29) is 17.0 Å². The molecule has 0 amide bonds. The fourth-order valence-electron chi connectivity index (χ4n) is 1.36. The molecule has 0 aliphatic carbocycles. The van der Waals surface area contributed by atoms with Gasteiger partial charge in [-0.2, -0.15) is 0 Å². The van der Waals surface area contributed by atoms with Crippen molar-refractivity contribution in [3.8, 4) is 0 Å². The van der Waals surface area contributed by atoms with Gasteiger partial charge in [0.05, 0.1) is 0 Å². The van der Waals surface area contributed by atoms with Crippen molar-refractivity contribution in [2.24, 2.45) is 0 Å². The first-order valence-corrected chi connectivity index (χ1v) is 5.71. The van der Waals surface area contributed by atoms with E-state index in [9.17, 15) is 0 Å². The maximum atomic E-state index is 3.83. The number of rotatable bonds is 4. The molecule has 14 heavy (non-hydrogen) atoms. The second-order valence-electron chi connectivity index (χ2n) is 2.85. The third kappa shape index (κ3) is 3.43. The van der Waals surface area contributed by atoms with Gasteiger partial charge >= 0.3 is 0 Å². The lowest BCUT2D eigenvalue weighted by Gasteiger charge is -2.20. The Balaban J connectivity index is 0.00000169. The van der Waals surface area contributed by atoms with Crippen LogP contribution < -0.4 is 10.2 Å². The largest absolute Gasteiger partial charge is 0.372 e. The molecule has 0 unspecified atom stereocenters. The highest BCUT2D eigenvalue weighted by Gasteiger charge is 1.99. The molecule has 0 heterocycles. The summed E-state index contributed by atoms with van der Waals surface area (Å²) in [5, 5.41) is 1.27. The monoisotopic (exact) mass is 273 g/mol. The molecule has 1 rings (SSSR count). The summed E-state index contributed by atoms with van der Waals surface area (Å²) in [6.07, 6.45) is 3.83. The van der Waals surface area contributed by atoms with Gasteiger partial charge in [0.1, 0.15) is 0 Å².